The van der Waals surface area contributed by atoms with Gasteiger partial charge in [0, 0.05) is 33.8 Å². The van der Waals surface area contributed by atoms with Crippen LogP contribution in [0, 0.1) is 10.1 Å². The third kappa shape index (κ3) is 4.94. The zero-order valence-corrected chi connectivity index (χ0v) is 17.3. The molecule has 8 nitrogen and oxygen atoms in total. The SMILES string of the molecule is CCOC(=O)c1c(-c2cccc([N+](=O)[O-])c2)csc1NC(=O)Nc1ccc(Cl)cc1. The lowest BCUT2D eigenvalue weighted by atomic mass is 10.0. The molecule has 0 radical (unpaired) electrons. The summed E-state index contributed by atoms with van der Waals surface area (Å²) in [7, 11) is 0. The van der Waals surface area contributed by atoms with Crippen LogP contribution in [-0.4, -0.2) is 23.5 Å². The van der Waals surface area contributed by atoms with Crippen molar-refractivity contribution in [1.29, 1.82) is 0 Å². The van der Waals surface area contributed by atoms with E-state index in [-0.39, 0.29) is 22.9 Å². The molecule has 0 aliphatic heterocycles. The number of hydrogen-bond donors (Lipinski definition) is 2. The minimum Gasteiger partial charge on any atom is -0.462 e. The van der Waals surface area contributed by atoms with Gasteiger partial charge in [-0.25, -0.2) is 9.59 Å². The van der Waals surface area contributed by atoms with Crippen molar-refractivity contribution < 1.29 is 19.2 Å². The summed E-state index contributed by atoms with van der Waals surface area (Å²) in [5.41, 5.74) is 1.45. The summed E-state index contributed by atoms with van der Waals surface area (Å²) in [6, 6.07) is 11.9. The number of carbonyl (C=O) groups excluding carboxylic acids is 2. The Kier molecular flexibility index (Phi) is 6.65. The Balaban J connectivity index is 1.92. The number of anilines is 2. The number of hydrogen-bond acceptors (Lipinski definition) is 6. The number of esters is 1. The smallest absolute Gasteiger partial charge is 0.341 e. The minimum absolute atomic E-state index is 0.108. The number of nitrogens with one attached hydrogen (secondary N) is 2. The van der Waals surface area contributed by atoms with Crippen LogP contribution in [0.3, 0.4) is 0 Å². The number of non-ortho nitro benzene ring substituents is 1. The number of nitro groups is 1. The van der Waals surface area contributed by atoms with Crippen molar-refractivity contribution in [2.45, 2.75) is 6.92 Å². The summed E-state index contributed by atoms with van der Waals surface area (Å²) >= 11 is 6.95. The maximum Gasteiger partial charge on any atom is 0.341 e. The first-order valence-electron chi connectivity index (χ1n) is 8.76. The van der Waals surface area contributed by atoms with E-state index in [1.165, 1.54) is 18.2 Å². The quantitative estimate of drug-likeness (QED) is 0.283. The summed E-state index contributed by atoms with van der Waals surface area (Å²) < 4.78 is 5.13. The van der Waals surface area contributed by atoms with E-state index in [4.69, 9.17) is 16.3 Å². The van der Waals surface area contributed by atoms with Crippen LogP contribution in [0.2, 0.25) is 5.02 Å². The molecule has 3 rings (SSSR count). The van der Waals surface area contributed by atoms with Crippen molar-refractivity contribution in [1.82, 2.24) is 0 Å². The van der Waals surface area contributed by atoms with Crippen LogP contribution in [0.25, 0.3) is 11.1 Å². The molecule has 0 unspecified atom stereocenters. The molecule has 1 aromatic heterocycles. The highest BCUT2D eigenvalue weighted by molar-refractivity contribution is 7.15. The lowest BCUT2D eigenvalue weighted by molar-refractivity contribution is -0.384. The number of nitrogens with zero attached hydrogens (tertiary/aromatic N) is 1. The van der Waals surface area contributed by atoms with Crippen molar-refractivity contribution in [3.8, 4) is 11.1 Å². The van der Waals surface area contributed by atoms with Gasteiger partial charge in [-0.1, -0.05) is 23.7 Å². The summed E-state index contributed by atoms with van der Waals surface area (Å²) in [5, 5.41) is 18.8. The van der Waals surface area contributed by atoms with Crippen LogP contribution < -0.4 is 10.6 Å². The predicted molar refractivity (Wildman–Crippen MR) is 116 cm³/mol. The van der Waals surface area contributed by atoms with Crippen molar-refractivity contribution >= 4 is 51.3 Å². The van der Waals surface area contributed by atoms with Gasteiger partial charge in [-0.3, -0.25) is 15.4 Å². The fourth-order valence-electron chi connectivity index (χ4n) is 2.65. The number of nitro benzene ring substituents is 1. The molecule has 3 aromatic rings. The lowest BCUT2D eigenvalue weighted by Crippen LogP contribution is -2.20. The van der Waals surface area contributed by atoms with Crippen molar-refractivity contribution in [3.05, 3.63) is 74.6 Å². The average Bonchev–Trinajstić information content (AvgIpc) is 3.13. The van der Waals surface area contributed by atoms with Crippen LogP contribution >= 0.6 is 22.9 Å². The van der Waals surface area contributed by atoms with E-state index in [1.54, 1.807) is 42.6 Å². The van der Waals surface area contributed by atoms with Gasteiger partial charge in [0.15, 0.2) is 0 Å². The van der Waals surface area contributed by atoms with E-state index in [0.717, 1.165) is 11.3 Å². The number of thiophene rings is 1. The standard InChI is InChI=1S/C20H16ClN3O5S/c1-2-29-19(25)17-16(12-4-3-5-15(10-12)24(27)28)11-30-18(17)23-20(26)22-14-8-6-13(21)7-9-14/h3-11H,2H2,1H3,(H2,22,23,26). The highest BCUT2D eigenvalue weighted by Crippen LogP contribution is 2.37. The summed E-state index contributed by atoms with van der Waals surface area (Å²) in [6.07, 6.45) is 0. The van der Waals surface area contributed by atoms with E-state index >= 15 is 0 Å². The zero-order valence-electron chi connectivity index (χ0n) is 15.7. The maximum absolute atomic E-state index is 12.6. The summed E-state index contributed by atoms with van der Waals surface area (Å²) in [5.74, 6) is -0.637. The van der Waals surface area contributed by atoms with Crippen molar-refractivity contribution in [2.75, 3.05) is 17.2 Å². The highest BCUT2D eigenvalue weighted by atomic mass is 35.5. The van der Waals surface area contributed by atoms with Gasteiger partial charge in [0.2, 0.25) is 0 Å². The molecule has 30 heavy (non-hydrogen) atoms. The van der Waals surface area contributed by atoms with Gasteiger partial charge in [0.05, 0.1) is 11.5 Å². The molecule has 1 heterocycles. The molecule has 0 saturated heterocycles. The Labute approximate surface area is 180 Å². The van der Waals surface area contributed by atoms with E-state index in [9.17, 15) is 19.7 Å². The van der Waals surface area contributed by atoms with Crippen LogP contribution in [0.4, 0.5) is 21.2 Å². The van der Waals surface area contributed by atoms with Crippen LogP contribution in [0.5, 0.6) is 0 Å². The molecule has 0 aliphatic rings. The van der Waals surface area contributed by atoms with E-state index in [1.807, 2.05) is 0 Å². The van der Waals surface area contributed by atoms with Crippen molar-refractivity contribution in [3.63, 3.8) is 0 Å². The zero-order chi connectivity index (χ0) is 21.7. The molecule has 10 heteroatoms. The molecular weight excluding hydrogens is 430 g/mol. The predicted octanol–water partition coefficient (Wildman–Crippen LogP) is 5.80. The number of amides is 2. The first-order valence-corrected chi connectivity index (χ1v) is 10.0. The lowest BCUT2D eigenvalue weighted by Gasteiger charge is -2.10. The first kappa shape index (κ1) is 21.3. The average molecular weight is 446 g/mol. The molecule has 0 saturated carbocycles. The molecule has 0 atom stereocenters. The number of ether oxygens (including phenoxy) is 1. The normalized spacial score (nSPS) is 10.3. The summed E-state index contributed by atoms with van der Waals surface area (Å²) in [6.45, 7) is 1.80. The van der Waals surface area contributed by atoms with Gasteiger partial charge in [-0.2, -0.15) is 0 Å². The molecular formula is C20H16ClN3O5S. The fourth-order valence-corrected chi connectivity index (χ4v) is 3.73. The molecule has 0 spiro atoms. The monoisotopic (exact) mass is 445 g/mol. The van der Waals surface area contributed by atoms with Crippen LogP contribution in [-0.2, 0) is 4.74 Å². The molecule has 2 N–H and O–H groups in total. The van der Waals surface area contributed by atoms with Crippen LogP contribution in [0.1, 0.15) is 17.3 Å². The molecule has 0 aliphatic carbocycles. The molecule has 0 fully saturated rings. The Bertz CT molecular complexity index is 1100. The Hall–Kier alpha value is -3.43. The van der Waals surface area contributed by atoms with E-state index < -0.39 is 16.9 Å². The second kappa shape index (κ2) is 9.38. The van der Waals surface area contributed by atoms with Crippen LogP contribution in [0.15, 0.2) is 53.9 Å². The number of carbonyl (C=O) groups is 2. The largest absolute Gasteiger partial charge is 0.462 e. The van der Waals surface area contributed by atoms with Gasteiger partial charge in [-0.15, -0.1) is 11.3 Å². The molecule has 0 bridgehead atoms. The van der Waals surface area contributed by atoms with Gasteiger partial charge in [0.1, 0.15) is 10.6 Å². The molecule has 2 aromatic carbocycles. The van der Waals surface area contributed by atoms with Gasteiger partial charge >= 0.3 is 12.0 Å². The van der Waals surface area contributed by atoms with Gasteiger partial charge in [-0.05, 0) is 36.8 Å². The van der Waals surface area contributed by atoms with E-state index in [0.29, 0.717) is 21.8 Å². The van der Waals surface area contributed by atoms with Crippen molar-refractivity contribution in [2.24, 2.45) is 0 Å². The van der Waals surface area contributed by atoms with Gasteiger partial charge < -0.3 is 10.1 Å². The second-order valence-corrected chi connectivity index (χ2v) is 7.28. The second-order valence-electron chi connectivity index (χ2n) is 5.97. The topological polar surface area (TPSA) is 111 Å². The minimum atomic E-state index is -0.637. The Morgan fingerprint density at radius 1 is 1.17 bits per heavy atom. The van der Waals surface area contributed by atoms with E-state index in [2.05, 4.69) is 10.6 Å². The highest BCUT2D eigenvalue weighted by Gasteiger charge is 2.23. The third-order valence-electron chi connectivity index (χ3n) is 3.97. The fraction of sp³-hybridized carbons (Fsp3) is 0.100. The number of urea groups is 1. The number of halogens is 1. The Morgan fingerprint density at radius 2 is 1.90 bits per heavy atom. The maximum atomic E-state index is 12.6. The first-order chi connectivity index (χ1) is 14.4. The third-order valence-corrected chi connectivity index (χ3v) is 5.12. The Morgan fingerprint density at radius 3 is 2.57 bits per heavy atom. The number of rotatable bonds is 6. The summed E-state index contributed by atoms with van der Waals surface area (Å²) in [4.78, 5) is 35.6. The molecule has 154 valence electrons. The number of benzene rings is 2. The van der Waals surface area contributed by atoms with Gasteiger partial charge in [0.25, 0.3) is 5.69 Å². The molecule has 2 amide bonds.